The summed E-state index contributed by atoms with van der Waals surface area (Å²) in [4.78, 5) is 29.8. The van der Waals surface area contributed by atoms with Crippen LogP contribution in [-0.4, -0.2) is 106 Å². The largest absolute Gasteiger partial charge is 0.505 e. The van der Waals surface area contributed by atoms with Crippen molar-refractivity contribution in [2.45, 2.75) is 214 Å². The van der Waals surface area contributed by atoms with Crippen molar-refractivity contribution in [3.63, 3.8) is 0 Å². The van der Waals surface area contributed by atoms with Gasteiger partial charge in [-0.3, -0.25) is 9.59 Å². The Morgan fingerprint density at radius 3 is 0.949 bits per heavy atom. The lowest BCUT2D eigenvalue weighted by Crippen LogP contribution is -2.24. The van der Waals surface area contributed by atoms with Crippen LogP contribution in [0.4, 0.5) is 0 Å². The van der Waals surface area contributed by atoms with Gasteiger partial charge in [-0.15, -0.1) is 60.0 Å². The Morgan fingerprint density at radius 1 is 0.316 bits per heavy atom. The number of aromatic nitrogens is 12. The zero-order chi connectivity index (χ0) is 84.4. The van der Waals surface area contributed by atoms with E-state index in [9.17, 15) is 30.0 Å². The maximum atomic E-state index is 12.3. The monoisotopic (exact) mass is 1570 g/mol. The molecule has 0 bridgehead atoms. The smallest absolute Gasteiger partial charge is 0.306 e. The zero-order valence-electron chi connectivity index (χ0n) is 71.2. The lowest BCUT2D eigenvalue weighted by Gasteiger charge is -2.32. The van der Waals surface area contributed by atoms with E-state index in [4.69, 9.17) is 9.47 Å². The van der Waals surface area contributed by atoms with Gasteiger partial charge in [0, 0.05) is 45.9 Å². The molecule has 0 saturated heterocycles. The number of hydrogen-bond donors (Lipinski definition) is 4. The molecule has 14 aromatic rings. The number of methoxy groups -OCH3 is 1. The normalized spacial score (nSPS) is 12.1. The highest BCUT2D eigenvalue weighted by Crippen LogP contribution is 2.46. The molecule has 0 spiro atoms. The summed E-state index contributed by atoms with van der Waals surface area (Å²) in [5.41, 5.74) is 16.8. The highest BCUT2D eigenvalue weighted by Gasteiger charge is 2.34. The number of rotatable bonds is 21. The van der Waals surface area contributed by atoms with Crippen molar-refractivity contribution >= 4 is 56.1 Å². The Hall–Kier alpha value is -12.1. The summed E-state index contributed by atoms with van der Waals surface area (Å²) in [7, 11) is 1.38. The third-order valence-corrected chi connectivity index (χ3v) is 21.4. The van der Waals surface area contributed by atoms with Crippen LogP contribution in [0.5, 0.6) is 23.0 Å². The molecule has 610 valence electrons. The molecule has 0 amide bonds. The number of phenols is 4. The molecule has 14 rings (SSSR count). The number of ether oxygens (including phenoxy) is 2. The van der Waals surface area contributed by atoms with Crippen molar-refractivity contribution in [3.05, 3.63) is 262 Å². The van der Waals surface area contributed by atoms with Crippen LogP contribution in [0.3, 0.4) is 0 Å². The molecule has 4 heterocycles. The van der Waals surface area contributed by atoms with E-state index in [0.717, 1.165) is 107 Å². The number of carbonyl (C=O) groups excluding carboxylic acids is 2. The summed E-state index contributed by atoms with van der Waals surface area (Å²) in [5, 5.41) is 80.9. The average Bonchev–Trinajstić information content (AvgIpc) is 1.76. The molecule has 0 saturated carbocycles. The van der Waals surface area contributed by atoms with Crippen LogP contribution in [-0.2, 0) is 64.4 Å². The number of hydrogen-bond acceptors (Lipinski definition) is 16. The quantitative estimate of drug-likeness (QED) is 0.0385. The van der Waals surface area contributed by atoms with Crippen LogP contribution in [0.1, 0.15) is 225 Å². The third kappa shape index (κ3) is 20.6. The summed E-state index contributed by atoms with van der Waals surface area (Å²) >= 11 is 0. The van der Waals surface area contributed by atoms with Crippen molar-refractivity contribution in [3.8, 4) is 45.7 Å². The SMILES string of the molecule is CC(C)(C)c1cc(-n2nc3ccccc3n2)c(O)c(C(C)(C)C)c1.CC(C)(c1ccccc1)c1cc(-n2nc3ccccc3n2)c(O)c(C(C)(C)c2ccccc2)c1.CCCCCCCCOC(=O)CCc1cc(-n2nc3ccccc3n2)c(O)c(C(C)(C)C)c1.COC(=O)CCc1cc(-n2nc3ccccc3n2)c(O)c(C(C)(C)C)c1. The summed E-state index contributed by atoms with van der Waals surface area (Å²) < 4.78 is 10.2. The lowest BCUT2D eigenvalue weighted by molar-refractivity contribution is -0.144. The second kappa shape index (κ2) is 36.0. The third-order valence-electron chi connectivity index (χ3n) is 21.4. The fourth-order valence-corrected chi connectivity index (χ4v) is 14.1. The number of unbranched alkanes of at least 4 members (excludes halogenated alkanes) is 5. The van der Waals surface area contributed by atoms with Gasteiger partial charge in [-0.1, -0.05) is 283 Å². The molecule has 0 aliphatic rings. The molecular weight excluding hydrogens is 1460 g/mol. The van der Waals surface area contributed by atoms with Crippen molar-refractivity contribution in [2.75, 3.05) is 13.7 Å². The molecule has 20 heteroatoms. The van der Waals surface area contributed by atoms with Crippen LogP contribution in [0.15, 0.2) is 206 Å². The van der Waals surface area contributed by atoms with Gasteiger partial charge in [0.2, 0.25) is 0 Å². The fraction of sp³-hybridized carbons (Fsp3) is 0.361. The number of carbonyl (C=O) groups is 2. The molecule has 4 N–H and O–H groups in total. The van der Waals surface area contributed by atoms with Gasteiger partial charge in [0.15, 0.2) is 0 Å². The van der Waals surface area contributed by atoms with E-state index in [1.54, 1.807) is 9.59 Å². The number of aryl methyl sites for hydroxylation is 2. The molecular formula is C97H114N12O8. The summed E-state index contributed by atoms with van der Waals surface area (Å²) in [5.74, 6) is 0.313. The van der Waals surface area contributed by atoms with E-state index in [-0.39, 0.29) is 68.4 Å². The zero-order valence-corrected chi connectivity index (χ0v) is 71.2. The van der Waals surface area contributed by atoms with Crippen molar-refractivity contribution in [2.24, 2.45) is 0 Å². The first kappa shape index (κ1) is 85.8. The topological polar surface area (TPSA) is 256 Å². The first-order chi connectivity index (χ1) is 55.4. The maximum absolute atomic E-state index is 12.3. The van der Waals surface area contributed by atoms with Crippen LogP contribution < -0.4 is 0 Å². The summed E-state index contributed by atoms with van der Waals surface area (Å²) in [6.07, 6.45) is 8.62. The highest BCUT2D eigenvalue weighted by atomic mass is 16.5. The predicted octanol–water partition coefficient (Wildman–Crippen LogP) is 21.3. The molecule has 117 heavy (non-hydrogen) atoms. The molecule has 0 aliphatic heterocycles. The second-order valence-electron chi connectivity index (χ2n) is 35.3. The minimum atomic E-state index is -0.435. The van der Waals surface area contributed by atoms with Gasteiger partial charge in [-0.25, -0.2) is 0 Å². The molecule has 0 unspecified atom stereocenters. The van der Waals surface area contributed by atoms with Crippen molar-refractivity contribution in [1.82, 2.24) is 60.0 Å². The van der Waals surface area contributed by atoms with E-state index in [1.807, 2.05) is 178 Å². The van der Waals surface area contributed by atoms with Gasteiger partial charge < -0.3 is 29.9 Å². The van der Waals surface area contributed by atoms with E-state index in [1.165, 1.54) is 47.9 Å². The van der Waals surface area contributed by atoms with Gasteiger partial charge in [-0.2, -0.15) is 0 Å². The van der Waals surface area contributed by atoms with Crippen molar-refractivity contribution in [1.29, 1.82) is 0 Å². The van der Waals surface area contributed by atoms with Crippen LogP contribution >= 0.6 is 0 Å². The number of aromatic hydroxyl groups is 4. The molecule has 0 aliphatic carbocycles. The average molecular weight is 1580 g/mol. The Balaban J connectivity index is 0.000000155. The van der Waals surface area contributed by atoms with Crippen LogP contribution in [0.2, 0.25) is 0 Å². The number of phenolic OH excluding ortho intramolecular Hbond substituents is 4. The van der Waals surface area contributed by atoms with E-state index >= 15 is 0 Å². The van der Waals surface area contributed by atoms with E-state index in [2.05, 4.69) is 186 Å². The highest BCUT2D eigenvalue weighted by molar-refractivity contribution is 5.77. The van der Waals surface area contributed by atoms with Gasteiger partial charge in [-0.05, 0) is 147 Å². The fourth-order valence-electron chi connectivity index (χ4n) is 14.1. The van der Waals surface area contributed by atoms with Gasteiger partial charge in [0.1, 0.15) is 89.9 Å². The summed E-state index contributed by atoms with van der Waals surface area (Å²) in [6, 6.07) is 67.2. The first-order valence-electron chi connectivity index (χ1n) is 40.6. The maximum Gasteiger partial charge on any atom is 0.306 e. The van der Waals surface area contributed by atoms with Gasteiger partial charge >= 0.3 is 11.9 Å². The van der Waals surface area contributed by atoms with Crippen LogP contribution in [0.25, 0.3) is 66.9 Å². The Bertz CT molecular complexity index is 5640. The molecule has 0 radical (unpaired) electrons. The predicted molar refractivity (Wildman–Crippen MR) is 467 cm³/mol. The Kier molecular flexibility index (Phi) is 26.4. The lowest BCUT2D eigenvalue weighted by atomic mass is 9.72. The molecule has 10 aromatic carbocycles. The Morgan fingerprint density at radius 2 is 0.607 bits per heavy atom. The molecule has 20 nitrogen and oxygen atoms in total. The molecule has 0 fully saturated rings. The summed E-state index contributed by atoms with van der Waals surface area (Å²) in [6.45, 7) is 36.5. The minimum Gasteiger partial charge on any atom is -0.505 e. The number of esters is 2. The first-order valence-corrected chi connectivity index (χ1v) is 40.6. The van der Waals surface area contributed by atoms with Gasteiger partial charge in [0.25, 0.3) is 0 Å². The number of benzene rings is 10. The van der Waals surface area contributed by atoms with Crippen molar-refractivity contribution < 1.29 is 39.5 Å². The standard InChI is InChI=1S/C30H29N3O.C27H37N3O3.C20H23N3O3.C20H25N3O/c1-29(2,21-13-7-5-8-14-21)23-19-24(30(3,4)22-15-9-6-10-16-22)28(34)27(20-23)33-31-25-17-11-12-18-26(25)32-33;1-5-6-7-8-9-12-17-33-25(31)16-15-20-18-21(27(2,3)4)26(32)24(19-20)30-28-22-13-10-11-14-23(22)29-30;1-20(2,3)14-11-13(9-10-18(24)26-4)12-17(19(14)25)23-21-15-7-5-6-8-16(15)22-23;1-19(2,3)13-11-14(20(4,5)6)18(24)17(12-13)23-21-15-9-7-8-10-16(15)22-23/h5-20,34H,1-4H3;10-11,13-14,18-19,32H,5-9,12,15-17H2,1-4H3;5-8,11-12,25H,9-10H2,1-4H3;7-12,24H,1-6H3. The number of fused-ring (bicyclic) bond motifs is 4. The minimum absolute atomic E-state index is 0.0327. The Labute approximate surface area is 687 Å². The van der Waals surface area contributed by atoms with Crippen LogP contribution in [0, 0.1) is 0 Å². The molecule has 4 aromatic heterocycles. The van der Waals surface area contributed by atoms with Gasteiger partial charge in [0.05, 0.1) is 13.7 Å². The second-order valence-corrected chi connectivity index (χ2v) is 35.3. The van der Waals surface area contributed by atoms with E-state index in [0.29, 0.717) is 48.6 Å². The number of nitrogens with zero attached hydrogens (tertiary/aromatic N) is 12. The molecule has 0 atom stereocenters. The van der Waals surface area contributed by atoms with E-state index < -0.39 is 5.41 Å².